The van der Waals surface area contributed by atoms with Gasteiger partial charge in [-0.05, 0) is 72.9 Å². The number of aryl methyl sites for hydroxylation is 3. The van der Waals surface area contributed by atoms with Gasteiger partial charge in [-0.15, -0.1) is 0 Å². The topological polar surface area (TPSA) is 95.5 Å². The van der Waals surface area contributed by atoms with E-state index in [4.69, 9.17) is 19.4 Å². The molecule has 0 radical (unpaired) electrons. The Morgan fingerprint density at radius 1 is 0.720 bits per heavy atom. The van der Waals surface area contributed by atoms with Crippen LogP contribution in [0.15, 0.2) is 90.1 Å². The third kappa shape index (κ3) is 15.7. The van der Waals surface area contributed by atoms with Gasteiger partial charge in [0.15, 0.2) is 5.16 Å². The Morgan fingerprint density at radius 2 is 1.28 bits per heavy atom. The van der Waals surface area contributed by atoms with Crippen LogP contribution in [0.1, 0.15) is 93.5 Å². The number of aromatic nitrogens is 2. The monoisotopic (exact) mass is 692 g/mol. The minimum atomic E-state index is -0.484. The van der Waals surface area contributed by atoms with Crippen molar-refractivity contribution in [1.29, 1.82) is 0 Å². The second kappa shape index (κ2) is 18.9. The summed E-state index contributed by atoms with van der Waals surface area (Å²) in [5.74, 6) is 5.31. The molecule has 0 saturated carbocycles. The third-order valence-electron chi connectivity index (χ3n) is 6.71. The summed E-state index contributed by atoms with van der Waals surface area (Å²) in [6, 6.07) is 27.8. The molecule has 1 heterocycles. The van der Waals surface area contributed by atoms with Crippen LogP contribution < -0.4 is 0 Å². The van der Waals surface area contributed by atoms with Crippen molar-refractivity contribution < 1.29 is 23.9 Å². The molecule has 0 atom stereocenters. The van der Waals surface area contributed by atoms with Crippen molar-refractivity contribution in [3.8, 4) is 23.1 Å². The highest BCUT2D eigenvalue weighted by molar-refractivity contribution is 7.98. The molecule has 0 aliphatic carbocycles. The van der Waals surface area contributed by atoms with E-state index in [2.05, 4.69) is 55.2 Å². The predicted molar refractivity (Wildman–Crippen MR) is 201 cm³/mol. The first-order valence-electron chi connectivity index (χ1n) is 16.7. The van der Waals surface area contributed by atoms with Crippen molar-refractivity contribution in [1.82, 2.24) is 9.97 Å². The van der Waals surface area contributed by atoms with Gasteiger partial charge in [-0.25, -0.2) is 9.97 Å². The number of nitrogens with zero attached hydrogens (tertiary/aromatic N) is 2. The predicted octanol–water partition coefficient (Wildman–Crippen LogP) is 9.32. The van der Waals surface area contributed by atoms with Crippen LogP contribution in [-0.4, -0.2) is 38.9 Å². The van der Waals surface area contributed by atoms with E-state index in [9.17, 15) is 14.4 Å². The fraction of sp³-hybridized carbons (Fsp3) is 0.357. The van der Waals surface area contributed by atoms with Crippen molar-refractivity contribution in [3.05, 3.63) is 113 Å². The van der Waals surface area contributed by atoms with Gasteiger partial charge in [0.05, 0.1) is 18.5 Å². The Balaban J connectivity index is 0.000000295. The number of hydrogen-bond donors (Lipinski definition) is 0. The molecule has 0 N–H and O–H groups in total. The van der Waals surface area contributed by atoms with E-state index in [1.54, 1.807) is 23.9 Å². The molecule has 0 bridgehead atoms. The summed E-state index contributed by atoms with van der Waals surface area (Å²) in [5, 5.41) is 0.719. The van der Waals surface area contributed by atoms with Crippen molar-refractivity contribution in [3.63, 3.8) is 0 Å². The highest BCUT2D eigenvalue weighted by Crippen LogP contribution is 2.25. The van der Waals surface area contributed by atoms with E-state index in [0.717, 1.165) is 33.4 Å². The summed E-state index contributed by atoms with van der Waals surface area (Å²) in [4.78, 5) is 44.8. The highest BCUT2D eigenvalue weighted by atomic mass is 32.2. The molecule has 3 aromatic carbocycles. The highest BCUT2D eigenvalue weighted by Gasteiger charge is 2.17. The number of benzene rings is 3. The average Bonchev–Trinajstić information content (AvgIpc) is 3.04. The second-order valence-electron chi connectivity index (χ2n) is 13.8. The molecule has 0 saturated heterocycles. The Labute approximate surface area is 301 Å². The first kappa shape index (κ1) is 39.7. The SMILES string of the molecule is Cc1ccc(-c2cc(CCC(=O)OC(C)(C)C)nc(SCc3ccccc3)n2)cc1.Cc1ccc(C(=O)C#CCCC(=O)OC(C)(C)C)cc1. The van der Waals surface area contributed by atoms with Gasteiger partial charge in [-0.1, -0.05) is 108 Å². The van der Waals surface area contributed by atoms with Crippen LogP contribution >= 0.6 is 11.8 Å². The van der Waals surface area contributed by atoms with Crippen molar-refractivity contribution in [2.75, 3.05) is 0 Å². The second-order valence-corrected chi connectivity index (χ2v) is 14.8. The largest absolute Gasteiger partial charge is 0.460 e. The van der Waals surface area contributed by atoms with Gasteiger partial charge in [-0.3, -0.25) is 14.4 Å². The molecule has 4 rings (SSSR count). The molecule has 0 spiro atoms. The number of rotatable bonds is 10. The molecular weight excluding hydrogens is 645 g/mol. The van der Waals surface area contributed by atoms with Crippen LogP contribution in [0.2, 0.25) is 0 Å². The fourth-order valence-corrected chi connectivity index (χ4v) is 5.19. The van der Waals surface area contributed by atoms with Gasteiger partial charge >= 0.3 is 11.9 Å². The van der Waals surface area contributed by atoms with Crippen molar-refractivity contribution >= 4 is 29.5 Å². The molecule has 7 nitrogen and oxygen atoms in total. The number of Topliss-reactive ketones (excluding diaryl/α,β-unsaturated/α-hetero) is 1. The molecule has 0 aliphatic heterocycles. The summed E-state index contributed by atoms with van der Waals surface area (Å²) < 4.78 is 10.6. The van der Waals surface area contributed by atoms with E-state index in [1.165, 1.54) is 11.1 Å². The number of ketones is 1. The van der Waals surface area contributed by atoms with E-state index in [-0.39, 0.29) is 24.1 Å². The summed E-state index contributed by atoms with van der Waals surface area (Å²) in [5.41, 5.74) is 5.90. The maximum Gasteiger partial charge on any atom is 0.307 e. The van der Waals surface area contributed by atoms with E-state index in [1.807, 2.05) is 84.9 Å². The molecule has 1 aromatic heterocycles. The van der Waals surface area contributed by atoms with Crippen LogP contribution in [0.4, 0.5) is 0 Å². The van der Waals surface area contributed by atoms with Crippen LogP contribution in [0, 0.1) is 25.7 Å². The lowest BCUT2D eigenvalue weighted by Gasteiger charge is -2.19. The van der Waals surface area contributed by atoms with E-state index in [0.29, 0.717) is 24.8 Å². The normalized spacial score (nSPS) is 11.0. The van der Waals surface area contributed by atoms with Crippen LogP contribution in [0.25, 0.3) is 11.3 Å². The molecule has 0 fully saturated rings. The summed E-state index contributed by atoms with van der Waals surface area (Å²) in [6.45, 7) is 15.1. The zero-order valence-electron chi connectivity index (χ0n) is 30.5. The van der Waals surface area contributed by atoms with Crippen LogP contribution in [0.3, 0.4) is 0 Å². The lowest BCUT2D eigenvalue weighted by atomic mass is 10.1. The van der Waals surface area contributed by atoms with Gasteiger partial charge < -0.3 is 9.47 Å². The minimum Gasteiger partial charge on any atom is -0.460 e. The van der Waals surface area contributed by atoms with E-state index >= 15 is 0 Å². The number of thioether (sulfide) groups is 1. The number of ether oxygens (including phenoxy) is 2. The minimum absolute atomic E-state index is 0.200. The summed E-state index contributed by atoms with van der Waals surface area (Å²) >= 11 is 1.61. The lowest BCUT2D eigenvalue weighted by Crippen LogP contribution is -2.24. The molecule has 0 amide bonds. The number of esters is 2. The smallest absolute Gasteiger partial charge is 0.307 e. The molecule has 0 unspecified atom stereocenters. The Hall–Kier alpha value is -4.74. The fourth-order valence-electron chi connectivity index (χ4n) is 4.36. The van der Waals surface area contributed by atoms with Gasteiger partial charge in [-0.2, -0.15) is 0 Å². The third-order valence-corrected chi connectivity index (χ3v) is 7.63. The Kier molecular flexibility index (Phi) is 15.0. The maximum atomic E-state index is 12.1. The Morgan fingerprint density at radius 3 is 1.86 bits per heavy atom. The van der Waals surface area contributed by atoms with E-state index < -0.39 is 11.2 Å². The number of carbonyl (C=O) groups excluding carboxylic acids is 3. The lowest BCUT2D eigenvalue weighted by molar-refractivity contribution is -0.155. The first-order chi connectivity index (χ1) is 23.6. The molecule has 262 valence electrons. The standard InChI is InChI=1S/C25H28N2O2S.C17H20O3/c1-18-10-12-20(13-11-18)22-16-21(14-15-23(28)29-25(2,3)4)26-24(27-22)30-17-19-8-6-5-7-9-19;1-13-9-11-14(12-10-13)15(18)7-5-6-8-16(19)20-17(2,3)4/h5-13,16H,14-15,17H2,1-4H3;9-12H,6,8H2,1-4H3. The molecular formula is C42H48N2O5S. The van der Waals surface area contributed by atoms with Crippen LogP contribution in [0.5, 0.6) is 0 Å². The number of hydrogen-bond acceptors (Lipinski definition) is 8. The van der Waals surface area contributed by atoms with Gasteiger partial charge in [0.1, 0.15) is 11.2 Å². The molecule has 0 aliphatic rings. The Bertz CT molecular complexity index is 1780. The molecule has 4 aromatic rings. The molecule has 50 heavy (non-hydrogen) atoms. The van der Waals surface area contributed by atoms with Gasteiger partial charge in [0, 0.05) is 35.4 Å². The van der Waals surface area contributed by atoms with Gasteiger partial charge in [0.25, 0.3) is 0 Å². The van der Waals surface area contributed by atoms with Crippen LogP contribution in [-0.2, 0) is 31.2 Å². The maximum absolute atomic E-state index is 12.1. The van der Waals surface area contributed by atoms with Crippen molar-refractivity contribution in [2.45, 2.75) is 103 Å². The average molecular weight is 693 g/mol. The number of carbonyl (C=O) groups is 3. The summed E-state index contributed by atoms with van der Waals surface area (Å²) in [6.07, 6.45) is 1.34. The molecule has 8 heteroatoms. The summed E-state index contributed by atoms with van der Waals surface area (Å²) in [7, 11) is 0. The zero-order valence-corrected chi connectivity index (χ0v) is 31.3. The zero-order chi connectivity index (χ0) is 36.7. The first-order valence-corrected chi connectivity index (χ1v) is 17.7. The van der Waals surface area contributed by atoms with Crippen molar-refractivity contribution in [2.24, 2.45) is 0 Å². The van der Waals surface area contributed by atoms with Gasteiger partial charge in [0.2, 0.25) is 5.78 Å². The quantitative estimate of drug-likeness (QED) is 0.0405.